The topological polar surface area (TPSA) is 55.8 Å². The van der Waals surface area contributed by atoms with Crippen molar-refractivity contribution in [3.63, 3.8) is 0 Å². The first-order valence-corrected chi connectivity index (χ1v) is 9.25. The lowest BCUT2D eigenvalue weighted by Crippen LogP contribution is -2.31. The molecule has 2 aromatic rings. The Labute approximate surface area is 152 Å². The number of hydrogen-bond acceptors (Lipinski definition) is 4. The largest absolute Gasteiger partial charge is 0.454 e. The fourth-order valence-corrected chi connectivity index (χ4v) is 4.50. The molecule has 0 atom stereocenters. The molecule has 5 nitrogen and oxygen atoms in total. The van der Waals surface area contributed by atoms with Crippen molar-refractivity contribution in [2.24, 2.45) is 0 Å². The van der Waals surface area contributed by atoms with Gasteiger partial charge in [-0.25, -0.2) is 8.42 Å². The van der Waals surface area contributed by atoms with Gasteiger partial charge in [-0.15, -0.1) is 0 Å². The van der Waals surface area contributed by atoms with Gasteiger partial charge in [0.2, 0.25) is 6.79 Å². The van der Waals surface area contributed by atoms with Gasteiger partial charge in [0.1, 0.15) is 4.90 Å². The maximum atomic E-state index is 13.0. The molecule has 0 radical (unpaired) electrons. The number of anilines is 1. The lowest BCUT2D eigenvalue weighted by atomic mass is 10.2. The van der Waals surface area contributed by atoms with Gasteiger partial charge < -0.3 is 9.47 Å². The number of nitrogens with zero attached hydrogens (tertiary/aromatic N) is 1. The van der Waals surface area contributed by atoms with Crippen LogP contribution in [0.25, 0.3) is 0 Å². The molecule has 1 heterocycles. The molecule has 26 heavy (non-hydrogen) atoms. The molecule has 2 aromatic carbocycles. The first-order valence-electron chi connectivity index (χ1n) is 7.43. The van der Waals surface area contributed by atoms with Crippen molar-refractivity contribution in [1.82, 2.24) is 0 Å². The minimum atomic E-state index is -4.69. The van der Waals surface area contributed by atoms with E-state index in [1.807, 2.05) is 0 Å². The van der Waals surface area contributed by atoms with Crippen molar-refractivity contribution in [3.05, 3.63) is 47.0 Å². The van der Waals surface area contributed by atoms with Gasteiger partial charge in [-0.1, -0.05) is 11.6 Å². The van der Waals surface area contributed by atoms with Crippen LogP contribution in [-0.2, 0) is 16.2 Å². The van der Waals surface area contributed by atoms with Crippen molar-refractivity contribution < 1.29 is 31.1 Å². The summed E-state index contributed by atoms with van der Waals surface area (Å²) in [6.45, 7) is 1.55. The molecule has 0 unspecified atom stereocenters. The molecule has 0 aromatic heterocycles. The summed E-state index contributed by atoms with van der Waals surface area (Å²) >= 11 is 5.90. The molecule has 10 heteroatoms. The third-order valence-corrected chi connectivity index (χ3v) is 6.14. The summed E-state index contributed by atoms with van der Waals surface area (Å²) in [7, 11) is -4.33. The Hall–Kier alpha value is -2.13. The highest BCUT2D eigenvalue weighted by atomic mass is 35.5. The molecule has 0 spiro atoms. The van der Waals surface area contributed by atoms with E-state index in [-0.39, 0.29) is 24.0 Å². The highest BCUT2D eigenvalue weighted by Gasteiger charge is 2.34. The van der Waals surface area contributed by atoms with E-state index >= 15 is 0 Å². The zero-order valence-corrected chi connectivity index (χ0v) is 15.0. The van der Waals surface area contributed by atoms with Gasteiger partial charge in [0.15, 0.2) is 11.5 Å². The summed E-state index contributed by atoms with van der Waals surface area (Å²) < 4.78 is 76.2. The van der Waals surface area contributed by atoms with Crippen LogP contribution < -0.4 is 13.8 Å². The predicted octanol–water partition coefficient (Wildman–Crippen LogP) is 4.30. The Kier molecular flexibility index (Phi) is 4.70. The normalized spacial score (nSPS) is 13.7. The number of halogens is 4. The molecule has 1 aliphatic heterocycles. The van der Waals surface area contributed by atoms with Crippen LogP contribution in [0.5, 0.6) is 11.5 Å². The van der Waals surface area contributed by atoms with Crippen LogP contribution in [0.3, 0.4) is 0 Å². The number of alkyl halides is 3. The maximum Gasteiger partial charge on any atom is 0.416 e. The zero-order valence-electron chi connectivity index (χ0n) is 13.4. The van der Waals surface area contributed by atoms with Gasteiger partial charge >= 0.3 is 6.18 Å². The first kappa shape index (κ1) is 18.7. The van der Waals surface area contributed by atoms with E-state index < -0.39 is 26.7 Å². The molecule has 0 bridgehead atoms. The quantitative estimate of drug-likeness (QED) is 0.758. The third kappa shape index (κ3) is 3.28. The van der Waals surface area contributed by atoms with Gasteiger partial charge in [-0.2, -0.15) is 13.2 Å². The molecule has 0 saturated carbocycles. The molecule has 0 N–H and O–H groups in total. The van der Waals surface area contributed by atoms with E-state index in [9.17, 15) is 21.6 Å². The summed E-state index contributed by atoms with van der Waals surface area (Å²) in [6, 6.07) is 6.65. The molecule has 0 aliphatic carbocycles. The van der Waals surface area contributed by atoms with E-state index in [0.29, 0.717) is 17.6 Å². The van der Waals surface area contributed by atoms with Crippen LogP contribution in [0.2, 0.25) is 5.02 Å². The molecule has 140 valence electrons. The first-order chi connectivity index (χ1) is 12.1. The molecular formula is C16H13ClF3NO4S. The highest BCUT2D eigenvalue weighted by molar-refractivity contribution is 7.93. The Morgan fingerprint density at radius 1 is 1.12 bits per heavy atom. The molecular weight excluding hydrogens is 395 g/mol. The minimum absolute atomic E-state index is 0.0110. The van der Waals surface area contributed by atoms with E-state index in [4.69, 9.17) is 21.1 Å². The minimum Gasteiger partial charge on any atom is -0.454 e. The SMILES string of the molecule is CCN(c1ccc2c(c1)OCO2)S(=O)(=O)c1cc(C(F)(F)F)ccc1Cl. The number of fused-ring (bicyclic) bond motifs is 1. The van der Waals surface area contributed by atoms with Crippen LogP contribution in [0.15, 0.2) is 41.3 Å². The van der Waals surface area contributed by atoms with E-state index in [1.54, 1.807) is 6.92 Å². The van der Waals surface area contributed by atoms with Crippen molar-refractivity contribution in [2.75, 3.05) is 17.6 Å². The number of hydrogen-bond donors (Lipinski definition) is 0. The summed E-state index contributed by atoms with van der Waals surface area (Å²) in [4.78, 5) is -0.617. The summed E-state index contributed by atoms with van der Waals surface area (Å²) in [5.41, 5.74) is -0.868. The van der Waals surface area contributed by atoms with Crippen LogP contribution in [-0.4, -0.2) is 21.8 Å². The fraction of sp³-hybridized carbons (Fsp3) is 0.250. The smallest absolute Gasteiger partial charge is 0.416 e. The Balaban J connectivity index is 2.08. The second-order valence-corrected chi connectivity index (χ2v) is 7.59. The average molecular weight is 408 g/mol. The Morgan fingerprint density at radius 2 is 1.81 bits per heavy atom. The Morgan fingerprint density at radius 3 is 2.46 bits per heavy atom. The maximum absolute atomic E-state index is 13.0. The average Bonchev–Trinajstić information content (AvgIpc) is 3.02. The number of rotatable bonds is 4. The summed E-state index contributed by atoms with van der Waals surface area (Å²) in [6.07, 6.45) is -4.69. The second-order valence-electron chi connectivity index (χ2n) is 5.35. The fourth-order valence-electron chi connectivity index (χ4n) is 2.53. The lowest BCUT2D eigenvalue weighted by molar-refractivity contribution is -0.137. The van der Waals surface area contributed by atoms with Crippen LogP contribution in [0.4, 0.5) is 18.9 Å². The van der Waals surface area contributed by atoms with Crippen molar-refractivity contribution in [3.8, 4) is 11.5 Å². The van der Waals surface area contributed by atoms with Gasteiger partial charge in [0.25, 0.3) is 10.0 Å². The number of ether oxygens (including phenoxy) is 2. The summed E-state index contributed by atoms with van der Waals surface area (Å²) in [5, 5.41) is -0.294. The van der Waals surface area contributed by atoms with Gasteiger partial charge in [0, 0.05) is 12.6 Å². The van der Waals surface area contributed by atoms with Gasteiger partial charge in [-0.3, -0.25) is 4.31 Å². The third-order valence-electron chi connectivity index (χ3n) is 3.76. The Bertz CT molecular complexity index is 947. The summed E-state index contributed by atoms with van der Waals surface area (Å²) in [5.74, 6) is 0.811. The molecule has 0 saturated heterocycles. The second kappa shape index (κ2) is 6.55. The molecule has 0 fully saturated rings. The molecule has 1 aliphatic rings. The van der Waals surface area contributed by atoms with Crippen molar-refractivity contribution in [2.45, 2.75) is 18.0 Å². The van der Waals surface area contributed by atoms with Gasteiger partial charge in [0.05, 0.1) is 16.3 Å². The number of benzene rings is 2. The van der Waals surface area contributed by atoms with Crippen molar-refractivity contribution in [1.29, 1.82) is 0 Å². The van der Waals surface area contributed by atoms with Crippen molar-refractivity contribution >= 4 is 27.3 Å². The van der Waals surface area contributed by atoms with Crippen LogP contribution in [0, 0.1) is 0 Å². The predicted molar refractivity (Wildman–Crippen MR) is 89.2 cm³/mol. The van der Waals surface area contributed by atoms with E-state index in [1.165, 1.54) is 18.2 Å². The monoisotopic (exact) mass is 407 g/mol. The molecule has 3 rings (SSSR count). The van der Waals surface area contributed by atoms with E-state index in [2.05, 4.69) is 0 Å². The highest BCUT2D eigenvalue weighted by Crippen LogP contribution is 2.39. The van der Waals surface area contributed by atoms with Gasteiger partial charge in [-0.05, 0) is 37.3 Å². The lowest BCUT2D eigenvalue weighted by Gasteiger charge is -2.24. The van der Waals surface area contributed by atoms with E-state index in [0.717, 1.165) is 16.4 Å². The number of sulfonamides is 1. The molecule has 0 amide bonds. The van der Waals surface area contributed by atoms with Crippen LogP contribution >= 0.6 is 11.6 Å². The van der Waals surface area contributed by atoms with Crippen LogP contribution in [0.1, 0.15) is 12.5 Å². The zero-order chi connectivity index (χ0) is 19.1. The standard InChI is InChI=1S/C16H13ClF3NO4S/c1-2-21(11-4-6-13-14(8-11)25-9-24-13)26(22,23)15-7-10(16(18,19)20)3-5-12(15)17/h3-8H,2,9H2,1H3.